The quantitative estimate of drug-likeness (QED) is 0.231. The molecule has 0 aliphatic carbocycles. The van der Waals surface area contributed by atoms with Crippen molar-refractivity contribution in [1.29, 1.82) is 0 Å². The summed E-state index contributed by atoms with van der Waals surface area (Å²) < 4.78 is 5.64. The number of ether oxygens (including phenoxy) is 1. The topological polar surface area (TPSA) is 141 Å². The molecule has 3 unspecified atom stereocenters. The van der Waals surface area contributed by atoms with E-state index in [0.29, 0.717) is 52.6 Å². The largest absolute Gasteiger partial charge is 0.494 e. The Morgan fingerprint density at radius 2 is 1.77 bits per heavy atom. The van der Waals surface area contributed by atoms with Gasteiger partial charge in [0.05, 0.1) is 35.1 Å². The second-order valence-corrected chi connectivity index (χ2v) is 14.0. The Morgan fingerprint density at radius 3 is 2.44 bits per heavy atom. The Bertz CT molecular complexity index is 1660. The Kier molecular flexibility index (Phi) is 10.9. The van der Waals surface area contributed by atoms with Gasteiger partial charge in [-0.1, -0.05) is 32.4 Å². The number of nitrogens with one attached hydrogen (secondary N) is 4. The summed E-state index contributed by atoms with van der Waals surface area (Å²) in [5.41, 5.74) is 2.26. The van der Waals surface area contributed by atoms with Gasteiger partial charge in [-0.3, -0.25) is 14.4 Å². The summed E-state index contributed by atoms with van der Waals surface area (Å²) in [5.74, 6) is 0.0572. The number of amides is 3. The minimum atomic E-state index is -0.808. The third kappa shape index (κ3) is 7.76. The first-order valence-electron chi connectivity index (χ1n) is 16.6. The first kappa shape index (κ1) is 35.2. The second kappa shape index (κ2) is 14.9. The molecule has 3 aromatic rings. The smallest absolute Gasteiger partial charge is 0.247 e. The highest BCUT2D eigenvalue weighted by Gasteiger charge is 2.42. The molecular weight excluding hydrogens is 632 g/mol. The number of carbonyl (C=O) groups excluding carboxylic acids is 3. The third-order valence-electron chi connectivity index (χ3n) is 9.19. The van der Waals surface area contributed by atoms with Crippen molar-refractivity contribution in [3.8, 4) is 5.75 Å². The van der Waals surface area contributed by atoms with Gasteiger partial charge < -0.3 is 35.8 Å². The van der Waals surface area contributed by atoms with Crippen LogP contribution in [0.3, 0.4) is 0 Å². The van der Waals surface area contributed by atoms with Gasteiger partial charge in [-0.05, 0) is 75.8 Å². The van der Waals surface area contributed by atoms with Crippen LogP contribution in [0.25, 0.3) is 10.9 Å². The molecule has 2 fully saturated rings. The molecule has 0 radical (unpaired) electrons. The van der Waals surface area contributed by atoms with E-state index in [1.54, 1.807) is 31.0 Å². The van der Waals surface area contributed by atoms with Gasteiger partial charge in [0.2, 0.25) is 17.7 Å². The molecule has 0 spiro atoms. The Morgan fingerprint density at radius 1 is 1.02 bits per heavy atom. The Labute approximate surface area is 287 Å². The lowest BCUT2D eigenvalue weighted by Crippen LogP contribution is -2.59. The number of benzene rings is 2. The van der Waals surface area contributed by atoms with Crippen LogP contribution in [0.1, 0.15) is 59.8 Å². The highest BCUT2D eigenvalue weighted by atomic mass is 35.5. The minimum absolute atomic E-state index is 0.279. The zero-order valence-corrected chi connectivity index (χ0v) is 29.4. The van der Waals surface area contributed by atoms with Gasteiger partial charge >= 0.3 is 0 Å². The van der Waals surface area contributed by atoms with Crippen molar-refractivity contribution in [2.45, 2.75) is 77.9 Å². The zero-order chi connectivity index (χ0) is 34.6. The number of likely N-dealkylation sites (tertiary alicyclic amines) is 1. The fourth-order valence-corrected chi connectivity index (χ4v) is 6.59. The predicted molar refractivity (Wildman–Crippen MR) is 190 cm³/mol. The molecule has 3 amide bonds. The van der Waals surface area contributed by atoms with Gasteiger partial charge in [0.25, 0.3) is 0 Å². The van der Waals surface area contributed by atoms with Crippen molar-refractivity contribution in [3.63, 3.8) is 0 Å². The maximum Gasteiger partial charge on any atom is 0.247 e. The number of likely N-dealkylation sites (N-methyl/N-ethyl adjacent to an activating group) is 1. The Balaban J connectivity index is 1.37. The van der Waals surface area contributed by atoms with Crippen LogP contribution in [0.15, 0.2) is 36.7 Å². The number of aromatic nitrogens is 2. The molecule has 0 bridgehead atoms. The van der Waals surface area contributed by atoms with Crippen molar-refractivity contribution in [2.24, 2.45) is 5.41 Å². The maximum absolute atomic E-state index is 13.9. The van der Waals surface area contributed by atoms with Gasteiger partial charge in [-0.25, -0.2) is 9.97 Å². The number of piperidine rings is 1. The van der Waals surface area contributed by atoms with Crippen LogP contribution < -0.4 is 30.9 Å². The number of hydrogen-bond acceptors (Lipinski definition) is 9. The number of hydrogen-bond donors (Lipinski definition) is 4. The number of rotatable bonds is 10. The molecule has 5 rings (SSSR count). The lowest BCUT2D eigenvalue weighted by atomic mass is 9.85. The summed E-state index contributed by atoms with van der Waals surface area (Å²) in [5, 5.41) is 13.5. The molecule has 258 valence electrons. The van der Waals surface area contributed by atoms with Crippen LogP contribution in [0.4, 0.5) is 22.9 Å². The molecule has 1 aromatic heterocycles. The first-order valence-corrected chi connectivity index (χ1v) is 17.0. The van der Waals surface area contributed by atoms with Gasteiger partial charge in [0.1, 0.15) is 30.0 Å². The Hall–Kier alpha value is -4.16. The molecule has 0 saturated carbocycles. The fraction of sp³-hybridized carbons (Fsp3) is 0.514. The SMILES string of the molecule is CNC(C)C(=O)NC(C(=O)N1CCCC1C(=O)Nc1cc2c(Nc3ccc(N4CCCCC4)c(Cl)c3)ncnc2cc1OC)C(C)(C)C. The highest BCUT2D eigenvalue weighted by molar-refractivity contribution is 6.33. The minimum Gasteiger partial charge on any atom is -0.494 e. The van der Waals surface area contributed by atoms with E-state index in [-0.39, 0.29) is 17.7 Å². The normalized spacial score (nSPS) is 17.9. The molecule has 2 aliphatic heterocycles. The van der Waals surface area contributed by atoms with Crippen LogP contribution in [-0.2, 0) is 14.4 Å². The molecule has 3 heterocycles. The second-order valence-electron chi connectivity index (χ2n) is 13.6. The van der Waals surface area contributed by atoms with Crippen molar-refractivity contribution in [1.82, 2.24) is 25.5 Å². The van der Waals surface area contributed by atoms with Crippen molar-refractivity contribution in [3.05, 3.63) is 41.7 Å². The van der Waals surface area contributed by atoms with Crippen LogP contribution in [0, 0.1) is 5.41 Å². The van der Waals surface area contributed by atoms with E-state index >= 15 is 0 Å². The van der Waals surface area contributed by atoms with Gasteiger partial charge in [-0.15, -0.1) is 0 Å². The van der Waals surface area contributed by atoms with Crippen LogP contribution in [0.5, 0.6) is 5.75 Å². The average molecular weight is 679 g/mol. The third-order valence-corrected chi connectivity index (χ3v) is 9.49. The van der Waals surface area contributed by atoms with E-state index in [0.717, 1.165) is 37.3 Å². The van der Waals surface area contributed by atoms with Crippen LogP contribution >= 0.6 is 11.6 Å². The molecule has 2 saturated heterocycles. The van der Waals surface area contributed by atoms with E-state index in [1.807, 2.05) is 39.0 Å². The summed E-state index contributed by atoms with van der Waals surface area (Å²) in [6.45, 7) is 9.83. The maximum atomic E-state index is 13.9. The molecule has 2 aliphatic rings. The van der Waals surface area contributed by atoms with E-state index in [2.05, 4.69) is 36.1 Å². The number of methoxy groups -OCH3 is 1. The van der Waals surface area contributed by atoms with E-state index in [4.69, 9.17) is 16.3 Å². The van der Waals surface area contributed by atoms with Gasteiger partial charge in [-0.2, -0.15) is 0 Å². The predicted octanol–water partition coefficient (Wildman–Crippen LogP) is 5.09. The monoisotopic (exact) mass is 678 g/mol. The number of carbonyl (C=O) groups is 3. The molecule has 2 aromatic carbocycles. The first-order chi connectivity index (χ1) is 22.9. The summed E-state index contributed by atoms with van der Waals surface area (Å²) in [7, 11) is 3.21. The fourth-order valence-electron chi connectivity index (χ4n) is 6.29. The van der Waals surface area contributed by atoms with Crippen molar-refractivity contribution < 1.29 is 19.1 Å². The van der Waals surface area contributed by atoms with Gasteiger partial charge in [0.15, 0.2) is 0 Å². The average Bonchev–Trinajstić information content (AvgIpc) is 3.57. The number of halogens is 1. The number of nitrogens with zero attached hydrogens (tertiary/aromatic N) is 4. The molecule has 3 atom stereocenters. The summed E-state index contributed by atoms with van der Waals surface area (Å²) >= 11 is 6.73. The molecule has 4 N–H and O–H groups in total. The summed E-state index contributed by atoms with van der Waals surface area (Å²) in [6, 6.07) is 7.42. The van der Waals surface area contributed by atoms with Crippen LogP contribution in [0.2, 0.25) is 5.02 Å². The number of fused-ring (bicyclic) bond motifs is 1. The van der Waals surface area contributed by atoms with E-state index in [1.165, 1.54) is 19.9 Å². The standard InChI is InChI=1S/C35H47ClN8O4/c1-21(37-5)32(45)42-30(35(2,3)4)34(47)44-16-10-11-28(44)33(46)41-26-18-23-25(19-29(26)48-6)38-20-39-31(23)40-22-12-13-27(24(36)17-22)43-14-8-7-9-15-43/h12-13,17-21,28,30,37H,7-11,14-16H2,1-6H3,(H,41,46)(H,42,45)(H,38,39,40). The molecule has 48 heavy (non-hydrogen) atoms. The summed E-state index contributed by atoms with van der Waals surface area (Å²) in [4.78, 5) is 53.3. The van der Waals surface area contributed by atoms with E-state index in [9.17, 15) is 14.4 Å². The van der Waals surface area contributed by atoms with Crippen molar-refractivity contribution in [2.75, 3.05) is 49.3 Å². The number of anilines is 4. The molecular formula is C35H47ClN8O4. The van der Waals surface area contributed by atoms with Crippen LogP contribution in [-0.4, -0.2) is 84.5 Å². The van der Waals surface area contributed by atoms with E-state index < -0.39 is 23.5 Å². The lowest BCUT2D eigenvalue weighted by Gasteiger charge is -2.36. The molecule has 13 heteroatoms. The highest BCUT2D eigenvalue weighted by Crippen LogP contribution is 2.36. The summed E-state index contributed by atoms with van der Waals surface area (Å²) in [6.07, 6.45) is 6.19. The molecule has 12 nitrogen and oxygen atoms in total. The van der Waals surface area contributed by atoms with Gasteiger partial charge in [0, 0.05) is 36.8 Å². The van der Waals surface area contributed by atoms with Crippen molar-refractivity contribution >= 4 is 63.1 Å². The lowest BCUT2D eigenvalue weighted by molar-refractivity contribution is -0.143. The zero-order valence-electron chi connectivity index (χ0n) is 28.7.